The normalized spacial score (nSPS) is 19.2. The quantitative estimate of drug-likeness (QED) is 0.678. The Morgan fingerprint density at radius 1 is 0.967 bits per heavy atom. The van der Waals surface area contributed by atoms with Gasteiger partial charge in [-0.25, -0.2) is 13.8 Å². The SMILES string of the molecule is O=C1CC(CCO)(c2ccc(F)cc2)CCN1c1cccc(-c2ccc(F)cc2)n1. The zero-order valence-electron chi connectivity index (χ0n) is 16.4. The fourth-order valence-corrected chi connectivity index (χ4v) is 4.14. The summed E-state index contributed by atoms with van der Waals surface area (Å²) in [6.07, 6.45) is 1.27. The smallest absolute Gasteiger partial charge is 0.229 e. The lowest BCUT2D eigenvalue weighted by atomic mass is 9.70. The molecule has 0 bridgehead atoms. The highest BCUT2D eigenvalue weighted by atomic mass is 19.1. The number of carbonyl (C=O) groups is 1. The lowest BCUT2D eigenvalue weighted by Crippen LogP contribution is -2.47. The van der Waals surface area contributed by atoms with Crippen LogP contribution >= 0.6 is 0 Å². The molecule has 2 aromatic carbocycles. The molecule has 1 N–H and O–H groups in total. The molecule has 154 valence electrons. The van der Waals surface area contributed by atoms with Crippen molar-refractivity contribution in [3.05, 3.63) is 83.9 Å². The molecule has 0 aliphatic carbocycles. The van der Waals surface area contributed by atoms with Gasteiger partial charge in [0.15, 0.2) is 0 Å². The number of anilines is 1. The summed E-state index contributed by atoms with van der Waals surface area (Å²) in [5.74, 6) is -0.202. The van der Waals surface area contributed by atoms with E-state index in [2.05, 4.69) is 4.98 Å². The summed E-state index contributed by atoms with van der Waals surface area (Å²) in [6.45, 7) is 0.388. The van der Waals surface area contributed by atoms with Gasteiger partial charge >= 0.3 is 0 Å². The van der Waals surface area contributed by atoms with Crippen molar-refractivity contribution < 1.29 is 18.7 Å². The van der Waals surface area contributed by atoms with Gasteiger partial charge in [-0.2, -0.15) is 0 Å². The zero-order chi connectivity index (χ0) is 21.1. The summed E-state index contributed by atoms with van der Waals surface area (Å²) in [4.78, 5) is 19.4. The first kappa shape index (κ1) is 20.2. The summed E-state index contributed by atoms with van der Waals surface area (Å²) < 4.78 is 26.6. The van der Waals surface area contributed by atoms with Crippen LogP contribution < -0.4 is 4.90 Å². The highest BCUT2D eigenvalue weighted by Crippen LogP contribution is 2.40. The molecule has 1 aromatic heterocycles. The van der Waals surface area contributed by atoms with E-state index in [-0.39, 0.29) is 30.6 Å². The number of aliphatic hydroxyl groups is 1. The van der Waals surface area contributed by atoms with E-state index in [4.69, 9.17) is 0 Å². The van der Waals surface area contributed by atoms with Crippen LogP contribution in [0.4, 0.5) is 14.6 Å². The zero-order valence-corrected chi connectivity index (χ0v) is 16.4. The number of hydrogen-bond acceptors (Lipinski definition) is 3. The summed E-state index contributed by atoms with van der Waals surface area (Å²) in [6, 6.07) is 17.6. The maximum absolute atomic E-state index is 13.4. The second kappa shape index (κ2) is 8.32. The highest BCUT2D eigenvalue weighted by molar-refractivity contribution is 5.94. The number of amides is 1. The lowest BCUT2D eigenvalue weighted by molar-refractivity contribution is -0.121. The van der Waals surface area contributed by atoms with Crippen LogP contribution in [0.15, 0.2) is 66.7 Å². The third-order valence-electron chi connectivity index (χ3n) is 5.80. The Bertz CT molecular complexity index is 1040. The van der Waals surface area contributed by atoms with E-state index in [9.17, 15) is 18.7 Å². The average molecular weight is 408 g/mol. The fourth-order valence-electron chi connectivity index (χ4n) is 4.14. The molecule has 1 fully saturated rings. The van der Waals surface area contributed by atoms with Gasteiger partial charge in [0, 0.05) is 30.6 Å². The molecular formula is C24H22F2N2O2. The van der Waals surface area contributed by atoms with Gasteiger partial charge in [0.25, 0.3) is 0 Å². The molecule has 0 saturated carbocycles. The molecule has 2 heterocycles. The Morgan fingerprint density at radius 3 is 2.27 bits per heavy atom. The first-order valence-corrected chi connectivity index (χ1v) is 9.91. The number of carbonyl (C=O) groups excluding carboxylic acids is 1. The molecule has 1 saturated heterocycles. The van der Waals surface area contributed by atoms with E-state index in [1.54, 1.807) is 35.2 Å². The molecule has 0 spiro atoms. The van der Waals surface area contributed by atoms with Gasteiger partial charge in [-0.1, -0.05) is 18.2 Å². The topological polar surface area (TPSA) is 53.4 Å². The molecule has 1 aliphatic rings. The molecule has 3 aromatic rings. The Hall–Kier alpha value is -3.12. The van der Waals surface area contributed by atoms with Crippen molar-refractivity contribution in [1.82, 2.24) is 4.98 Å². The average Bonchev–Trinajstić information content (AvgIpc) is 2.75. The van der Waals surface area contributed by atoms with E-state index < -0.39 is 5.41 Å². The lowest BCUT2D eigenvalue weighted by Gasteiger charge is -2.41. The van der Waals surface area contributed by atoms with Gasteiger partial charge in [-0.05, 0) is 66.9 Å². The largest absolute Gasteiger partial charge is 0.396 e. The van der Waals surface area contributed by atoms with Gasteiger partial charge in [0.1, 0.15) is 17.5 Å². The van der Waals surface area contributed by atoms with Crippen LogP contribution in [0, 0.1) is 11.6 Å². The van der Waals surface area contributed by atoms with Crippen molar-refractivity contribution in [1.29, 1.82) is 0 Å². The number of pyridine rings is 1. The Balaban J connectivity index is 1.59. The number of aliphatic hydroxyl groups excluding tert-OH is 1. The number of nitrogens with zero attached hydrogens (tertiary/aromatic N) is 2. The number of aromatic nitrogens is 1. The van der Waals surface area contributed by atoms with Gasteiger partial charge in [0.05, 0.1) is 5.69 Å². The highest BCUT2D eigenvalue weighted by Gasteiger charge is 2.40. The fraction of sp³-hybridized carbons (Fsp3) is 0.250. The van der Waals surface area contributed by atoms with Crippen LogP contribution in [-0.4, -0.2) is 29.1 Å². The predicted octanol–water partition coefficient (Wildman–Crippen LogP) is 4.47. The van der Waals surface area contributed by atoms with Crippen molar-refractivity contribution in [3.8, 4) is 11.3 Å². The first-order chi connectivity index (χ1) is 14.5. The number of benzene rings is 2. The van der Waals surface area contributed by atoms with Crippen LogP contribution in [0.3, 0.4) is 0 Å². The molecule has 1 aliphatic heterocycles. The summed E-state index contributed by atoms with van der Waals surface area (Å²) in [5, 5.41) is 9.61. The minimum absolute atomic E-state index is 0.0526. The third kappa shape index (κ3) is 3.96. The van der Waals surface area contributed by atoms with Gasteiger partial charge in [0.2, 0.25) is 5.91 Å². The first-order valence-electron chi connectivity index (χ1n) is 9.91. The molecule has 30 heavy (non-hydrogen) atoms. The minimum atomic E-state index is -0.523. The number of halogens is 2. The maximum atomic E-state index is 13.4. The van der Waals surface area contributed by atoms with Crippen LogP contribution in [-0.2, 0) is 10.2 Å². The Labute approximate surface area is 173 Å². The minimum Gasteiger partial charge on any atom is -0.396 e. The van der Waals surface area contributed by atoms with E-state index in [1.807, 2.05) is 12.1 Å². The maximum Gasteiger partial charge on any atom is 0.229 e. The van der Waals surface area contributed by atoms with E-state index >= 15 is 0 Å². The third-order valence-corrected chi connectivity index (χ3v) is 5.80. The number of rotatable bonds is 5. The number of piperidine rings is 1. The van der Waals surface area contributed by atoms with Crippen molar-refractivity contribution in [2.45, 2.75) is 24.7 Å². The van der Waals surface area contributed by atoms with Crippen LogP contribution in [0.25, 0.3) is 11.3 Å². The van der Waals surface area contributed by atoms with Crippen LogP contribution in [0.2, 0.25) is 0 Å². The van der Waals surface area contributed by atoms with Crippen molar-refractivity contribution >= 4 is 11.7 Å². The second-order valence-electron chi connectivity index (χ2n) is 7.62. The number of hydrogen-bond donors (Lipinski definition) is 1. The van der Waals surface area contributed by atoms with E-state index in [0.29, 0.717) is 30.9 Å². The molecule has 4 nitrogen and oxygen atoms in total. The van der Waals surface area contributed by atoms with Crippen LogP contribution in [0.1, 0.15) is 24.8 Å². The molecule has 4 rings (SSSR count). The molecular weight excluding hydrogens is 386 g/mol. The van der Waals surface area contributed by atoms with Crippen molar-refractivity contribution in [2.75, 3.05) is 18.1 Å². The predicted molar refractivity (Wildman–Crippen MR) is 111 cm³/mol. The molecule has 1 amide bonds. The molecule has 0 radical (unpaired) electrons. The summed E-state index contributed by atoms with van der Waals surface area (Å²) in [7, 11) is 0. The van der Waals surface area contributed by atoms with Crippen molar-refractivity contribution in [3.63, 3.8) is 0 Å². The molecule has 6 heteroatoms. The molecule has 1 unspecified atom stereocenters. The molecule has 1 atom stereocenters. The summed E-state index contributed by atoms with van der Waals surface area (Å²) >= 11 is 0. The summed E-state index contributed by atoms with van der Waals surface area (Å²) in [5.41, 5.74) is 1.76. The van der Waals surface area contributed by atoms with Crippen LogP contribution in [0.5, 0.6) is 0 Å². The Kier molecular flexibility index (Phi) is 5.59. The second-order valence-corrected chi connectivity index (χ2v) is 7.62. The van der Waals surface area contributed by atoms with Gasteiger partial charge in [-0.15, -0.1) is 0 Å². The van der Waals surface area contributed by atoms with E-state index in [0.717, 1.165) is 11.1 Å². The standard InChI is InChI=1S/C24H22F2N2O2/c25-19-8-4-17(5-9-19)21-2-1-3-22(27-21)28-14-12-24(13-15-29,16-23(28)30)18-6-10-20(26)11-7-18/h1-11,29H,12-16H2. The monoisotopic (exact) mass is 408 g/mol. The van der Waals surface area contributed by atoms with Crippen molar-refractivity contribution in [2.24, 2.45) is 0 Å². The Morgan fingerprint density at radius 2 is 1.63 bits per heavy atom. The van der Waals surface area contributed by atoms with Gasteiger partial charge < -0.3 is 5.11 Å². The van der Waals surface area contributed by atoms with E-state index in [1.165, 1.54) is 24.3 Å². The van der Waals surface area contributed by atoms with Gasteiger partial charge in [-0.3, -0.25) is 9.69 Å².